The highest BCUT2D eigenvalue weighted by atomic mass is 127. The molecule has 3 nitrogen and oxygen atoms in total. The van der Waals surface area contributed by atoms with E-state index in [-0.39, 0.29) is 11.7 Å². The van der Waals surface area contributed by atoms with Crippen LogP contribution in [0.25, 0.3) is 0 Å². The predicted octanol–water partition coefficient (Wildman–Crippen LogP) is 2.26. The van der Waals surface area contributed by atoms with Gasteiger partial charge < -0.3 is 10.4 Å². The Morgan fingerprint density at radius 3 is 2.87 bits per heavy atom. The Hall–Kier alpha value is -0.780. The van der Waals surface area contributed by atoms with Gasteiger partial charge in [-0.25, -0.2) is 0 Å². The van der Waals surface area contributed by atoms with E-state index in [1.807, 2.05) is 13.0 Å². The van der Waals surface area contributed by atoms with Crippen molar-refractivity contribution in [3.63, 3.8) is 0 Å². The lowest BCUT2D eigenvalue weighted by Crippen LogP contribution is -2.24. The van der Waals surface area contributed by atoms with Gasteiger partial charge in [0, 0.05) is 11.0 Å². The van der Waals surface area contributed by atoms with E-state index in [1.165, 1.54) is 0 Å². The maximum Gasteiger partial charge on any atom is 0.255 e. The third-order valence-electron chi connectivity index (χ3n) is 1.99. The number of amides is 1. The second-order valence-corrected chi connectivity index (χ2v) is 4.40. The molecule has 0 bridgehead atoms. The van der Waals surface area contributed by atoms with E-state index in [0.29, 0.717) is 12.1 Å². The molecule has 0 aliphatic carbocycles. The Bertz CT molecular complexity index is 352. The van der Waals surface area contributed by atoms with Gasteiger partial charge in [-0.2, -0.15) is 0 Å². The molecule has 2 N–H and O–H groups in total. The van der Waals surface area contributed by atoms with Crippen molar-refractivity contribution in [3.8, 4) is 5.75 Å². The molecule has 0 saturated carbocycles. The van der Waals surface area contributed by atoms with Crippen LogP contribution in [-0.4, -0.2) is 22.0 Å². The summed E-state index contributed by atoms with van der Waals surface area (Å²) >= 11 is 2.26. The van der Waals surface area contributed by atoms with Crippen LogP contribution in [0.5, 0.6) is 5.75 Å². The van der Waals surface area contributed by atoms with Gasteiger partial charge in [-0.05, 0) is 31.0 Å². The lowest BCUT2D eigenvalue weighted by molar-refractivity contribution is 0.0951. The predicted molar refractivity (Wildman–Crippen MR) is 68.7 cm³/mol. The van der Waals surface area contributed by atoms with Crippen LogP contribution in [0.15, 0.2) is 18.2 Å². The highest BCUT2D eigenvalue weighted by molar-refractivity contribution is 14.1. The first-order valence-electron chi connectivity index (χ1n) is 4.79. The fraction of sp³-hybridized carbons (Fsp3) is 0.364. The van der Waals surface area contributed by atoms with E-state index >= 15 is 0 Å². The van der Waals surface area contributed by atoms with Crippen molar-refractivity contribution in [2.45, 2.75) is 13.3 Å². The van der Waals surface area contributed by atoms with E-state index in [1.54, 1.807) is 12.1 Å². The van der Waals surface area contributed by atoms with Gasteiger partial charge in [0.15, 0.2) is 0 Å². The number of aromatic hydroxyl groups is 1. The number of hydrogen-bond donors (Lipinski definition) is 2. The summed E-state index contributed by atoms with van der Waals surface area (Å²) in [6.45, 7) is 2.52. The number of alkyl halides is 1. The molecule has 1 rings (SSSR count). The Kier molecular flexibility index (Phi) is 4.87. The number of carbonyl (C=O) groups is 1. The van der Waals surface area contributed by atoms with E-state index in [2.05, 4.69) is 27.9 Å². The third-order valence-corrected chi connectivity index (χ3v) is 2.76. The fourth-order valence-corrected chi connectivity index (χ4v) is 1.58. The van der Waals surface area contributed by atoms with Gasteiger partial charge in [0.25, 0.3) is 5.91 Å². The molecule has 0 aromatic heterocycles. The van der Waals surface area contributed by atoms with Crippen molar-refractivity contribution in [1.82, 2.24) is 5.32 Å². The van der Waals surface area contributed by atoms with Crippen molar-refractivity contribution in [2.75, 3.05) is 11.0 Å². The molecule has 0 aliphatic rings. The summed E-state index contributed by atoms with van der Waals surface area (Å²) in [5.41, 5.74) is 1.28. The highest BCUT2D eigenvalue weighted by Gasteiger charge is 2.09. The normalized spacial score (nSPS) is 10.0. The first kappa shape index (κ1) is 12.3. The van der Waals surface area contributed by atoms with Crippen LogP contribution in [0, 0.1) is 6.92 Å². The maximum absolute atomic E-state index is 11.6. The number of aryl methyl sites for hydroxylation is 1. The number of phenols is 1. The Morgan fingerprint density at radius 1 is 1.53 bits per heavy atom. The second-order valence-electron chi connectivity index (χ2n) is 3.32. The molecule has 1 amide bonds. The molecule has 0 saturated heterocycles. The summed E-state index contributed by atoms with van der Waals surface area (Å²) in [7, 11) is 0. The van der Waals surface area contributed by atoms with Gasteiger partial charge in [0.2, 0.25) is 0 Å². The molecule has 0 radical (unpaired) electrons. The van der Waals surface area contributed by atoms with E-state index < -0.39 is 0 Å². The molecule has 1 aromatic carbocycles. The summed E-state index contributed by atoms with van der Waals surface area (Å²) < 4.78 is 1.01. The highest BCUT2D eigenvalue weighted by Crippen LogP contribution is 2.17. The molecule has 0 heterocycles. The number of nitrogens with one attached hydrogen (secondary N) is 1. The first-order valence-corrected chi connectivity index (χ1v) is 6.31. The summed E-state index contributed by atoms with van der Waals surface area (Å²) in [4.78, 5) is 11.6. The SMILES string of the molecule is Cc1ccc(C(=O)NCCCI)c(O)c1. The molecule has 4 heteroatoms. The van der Waals surface area contributed by atoms with Crippen LogP contribution in [0.2, 0.25) is 0 Å². The maximum atomic E-state index is 11.6. The number of carbonyl (C=O) groups excluding carboxylic acids is 1. The lowest BCUT2D eigenvalue weighted by atomic mass is 10.1. The smallest absolute Gasteiger partial charge is 0.255 e. The monoisotopic (exact) mass is 319 g/mol. The summed E-state index contributed by atoms with van der Waals surface area (Å²) in [6.07, 6.45) is 0.943. The molecule has 0 fully saturated rings. The van der Waals surface area contributed by atoms with Crippen molar-refractivity contribution in [2.24, 2.45) is 0 Å². The minimum absolute atomic E-state index is 0.0435. The topological polar surface area (TPSA) is 49.3 Å². The molecule has 0 unspecified atom stereocenters. The van der Waals surface area contributed by atoms with E-state index in [4.69, 9.17) is 0 Å². The van der Waals surface area contributed by atoms with Crippen LogP contribution in [-0.2, 0) is 0 Å². The second kappa shape index (κ2) is 5.95. The third kappa shape index (κ3) is 3.70. The fourth-order valence-electron chi connectivity index (χ4n) is 1.20. The van der Waals surface area contributed by atoms with Gasteiger partial charge in [-0.1, -0.05) is 28.7 Å². The zero-order valence-corrected chi connectivity index (χ0v) is 10.7. The van der Waals surface area contributed by atoms with Gasteiger partial charge in [0.05, 0.1) is 5.56 Å². The molecule has 0 atom stereocenters. The molecular weight excluding hydrogens is 305 g/mol. The minimum Gasteiger partial charge on any atom is -0.507 e. The van der Waals surface area contributed by atoms with Crippen molar-refractivity contribution in [1.29, 1.82) is 0 Å². The molecule has 0 aliphatic heterocycles. The number of phenolic OH excluding ortho intramolecular Hbond substituents is 1. The zero-order chi connectivity index (χ0) is 11.3. The van der Waals surface area contributed by atoms with Crippen molar-refractivity contribution in [3.05, 3.63) is 29.3 Å². The molecule has 0 spiro atoms. The average molecular weight is 319 g/mol. The van der Waals surface area contributed by atoms with Crippen LogP contribution in [0.3, 0.4) is 0 Å². The van der Waals surface area contributed by atoms with Crippen LogP contribution in [0.1, 0.15) is 22.3 Å². The van der Waals surface area contributed by atoms with Crippen LogP contribution in [0.4, 0.5) is 0 Å². The lowest BCUT2D eigenvalue weighted by Gasteiger charge is -2.06. The first-order chi connectivity index (χ1) is 7.15. The van der Waals surface area contributed by atoms with Crippen molar-refractivity contribution < 1.29 is 9.90 Å². The Labute approximate surface area is 103 Å². The largest absolute Gasteiger partial charge is 0.507 e. The Morgan fingerprint density at radius 2 is 2.27 bits per heavy atom. The Balaban J connectivity index is 2.65. The van der Waals surface area contributed by atoms with Gasteiger partial charge >= 0.3 is 0 Å². The zero-order valence-electron chi connectivity index (χ0n) is 8.59. The van der Waals surface area contributed by atoms with Gasteiger partial charge in [-0.3, -0.25) is 4.79 Å². The number of halogens is 1. The standard InChI is InChI=1S/C11H14INO2/c1-8-3-4-9(10(14)7-8)11(15)13-6-2-5-12/h3-4,7,14H,2,5-6H2,1H3,(H,13,15). The van der Waals surface area contributed by atoms with Crippen LogP contribution < -0.4 is 5.32 Å². The van der Waals surface area contributed by atoms with Gasteiger partial charge in [0.1, 0.15) is 5.75 Å². The average Bonchev–Trinajstić information content (AvgIpc) is 2.17. The summed E-state index contributed by atoms with van der Waals surface area (Å²) in [5.74, 6) is -0.167. The summed E-state index contributed by atoms with van der Waals surface area (Å²) in [6, 6.07) is 5.05. The van der Waals surface area contributed by atoms with E-state index in [0.717, 1.165) is 16.4 Å². The minimum atomic E-state index is -0.211. The molecular formula is C11H14INO2. The summed E-state index contributed by atoms with van der Waals surface area (Å²) in [5, 5.41) is 12.3. The van der Waals surface area contributed by atoms with Crippen LogP contribution >= 0.6 is 22.6 Å². The molecule has 1 aromatic rings. The van der Waals surface area contributed by atoms with Gasteiger partial charge in [-0.15, -0.1) is 0 Å². The molecule has 15 heavy (non-hydrogen) atoms. The van der Waals surface area contributed by atoms with E-state index in [9.17, 15) is 9.90 Å². The number of benzene rings is 1. The molecule has 82 valence electrons. The number of hydrogen-bond acceptors (Lipinski definition) is 2. The number of rotatable bonds is 4. The van der Waals surface area contributed by atoms with Crippen molar-refractivity contribution >= 4 is 28.5 Å². The quantitative estimate of drug-likeness (QED) is 0.508.